The summed E-state index contributed by atoms with van der Waals surface area (Å²) in [6.45, 7) is 4.07. The molecule has 126 valence electrons. The normalized spacial score (nSPS) is 10.3. The van der Waals surface area contributed by atoms with Crippen LogP contribution in [0.25, 0.3) is 5.70 Å². The predicted octanol–water partition coefficient (Wildman–Crippen LogP) is 6.05. The van der Waals surface area contributed by atoms with Crippen molar-refractivity contribution in [2.24, 2.45) is 0 Å². The molecule has 0 radical (unpaired) electrons. The maximum atomic E-state index is 13.1. The Kier molecular flexibility index (Phi) is 5.41. The summed E-state index contributed by atoms with van der Waals surface area (Å²) in [6, 6.07) is 24.6. The molecule has 0 spiro atoms. The monoisotopic (exact) mass is 350 g/mol. The van der Waals surface area contributed by atoms with Gasteiger partial charge in [0.25, 0.3) is 0 Å². The summed E-state index contributed by atoms with van der Waals surface area (Å²) >= 11 is 1.63. The number of hydrogen-bond donors (Lipinski definition) is 1. The van der Waals surface area contributed by atoms with E-state index in [9.17, 15) is 4.39 Å². The van der Waals surface area contributed by atoms with Crippen LogP contribution in [-0.4, -0.2) is 7.05 Å². The summed E-state index contributed by atoms with van der Waals surface area (Å²) in [7, 11) is 2.03. The minimum absolute atomic E-state index is 0.253. The van der Waals surface area contributed by atoms with Crippen molar-refractivity contribution in [3.8, 4) is 0 Å². The van der Waals surface area contributed by atoms with E-state index in [1.807, 2.05) is 43.4 Å². The summed E-state index contributed by atoms with van der Waals surface area (Å²) in [5.74, 6) is -0.253. The van der Waals surface area contributed by atoms with Crippen molar-refractivity contribution in [2.45, 2.75) is 4.90 Å². The van der Waals surface area contributed by atoms with Crippen LogP contribution in [0.1, 0.15) is 5.56 Å². The van der Waals surface area contributed by atoms with Gasteiger partial charge in [0.05, 0.1) is 10.6 Å². The molecular weight excluding hydrogens is 331 g/mol. The van der Waals surface area contributed by atoms with Gasteiger partial charge in [0, 0.05) is 18.4 Å². The first-order valence-electron chi connectivity index (χ1n) is 7.91. The standard InChI is InChI=1S/C21H19FN2S/c1-16(17-12-14-18(22)15-13-17)23-20-10-6-7-11-21(20)25-24(2)19-8-4-3-5-9-19/h3-15,23H,1H2,2H3. The zero-order valence-corrected chi connectivity index (χ0v) is 14.8. The van der Waals surface area contributed by atoms with Crippen molar-refractivity contribution in [3.05, 3.63) is 96.8 Å². The number of nitrogens with one attached hydrogen (secondary N) is 1. The van der Waals surface area contributed by atoms with Crippen LogP contribution in [0, 0.1) is 5.82 Å². The van der Waals surface area contributed by atoms with Crippen molar-refractivity contribution in [2.75, 3.05) is 16.7 Å². The molecule has 0 saturated carbocycles. The molecule has 3 rings (SSSR count). The van der Waals surface area contributed by atoms with E-state index in [1.54, 1.807) is 24.1 Å². The summed E-state index contributed by atoms with van der Waals surface area (Å²) in [5.41, 5.74) is 3.68. The molecule has 4 heteroatoms. The van der Waals surface area contributed by atoms with Gasteiger partial charge in [-0.1, -0.05) is 49.0 Å². The molecule has 25 heavy (non-hydrogen) atoms. The third-order valence-corrected chi connectivity index (χ3v) is 4.76. The number of anilines is 2. The highest BCUT2D eigenvalue weighted by Gasteiger charge is 2.09. The van der Waals surface area contributed by atoms with E-state index < -0.39 is 0 Å². The van der Waals surface area contributed by atoms with Gasteiger partial charge in [0.1, 0.15) is 5.82 Å². The van der Waals surface area contributed by atoms with Gasteiger partial charge >= 0.3 is 0 Å². The van der Waals surface area contributed by atoms with Gasteiger partial charge in [-0.25, -0.2) is 4.39 Å². The van der Waals surface area contributed by atoms with Crippen LogP contribution in [-0.2, 0) is 0 Å². The van der Waals surface area contributed by atoms with E-state index in [-0.39, 0.29) is 5.82 Å². The molecule has 1 N–H and O–H groups in total. The zero-order chi connectivity index (χ0) is 17.6. The second-order valence-electron chi connectivity index (χ2n) is 5.53. The Bertz CT molecular complexity index is 847. The number of nitrogens with zero attached hydrogens (tertiary/aromatic N) is 1. The lowest BCUT2D eigenvalue weighted by Gasteiger charge is -2.20. The highest BCUT2D eigenvalue weighted by atomic mass is 32.2. The molecule has 0 heterocycles. The number of halogens is 1. The largest absolute Gasteiger partial charge is 0.355 e. The molecule has 0 aliphatic carbocycles. The second-order valence-corrected chi connectivity index (χ2v) is 6.70. The third-order valence-electron chi connectivity index (χ3n) is 3.72. The molecule has 3 aromatic carbocycles. The molecule has 3 aromatic rings. The van der Waals surface area contributed by atoms with Crippen molar-refractivity contribution >= 4 is 29.0 Å². The Hall–Kier alpha value is -2.72. The Morgan fingerprint density at radius 3 is 2.28 bits per heavy atom. The third kappa shape index (κ3) is 4.43. The zero-order valence-electron chi connectivity index (χ0n) is 13.9. The Balaban J connectivity index is 1.76. The SMILES string of the molecule is C=C(Nc1ccccc1SN(C)c1ccccc1)c1ccc(F)cc1. The molecule has 2 nitrogen and oxygen atoms in total. The first-order valence-corrected chi connectivity index (χ1v) is 8.68. The van der Waals surface area contributed by atoms with Gasteiger partial charge in [0.2, 0.25) is 0 Å². The average molecular weight is 350 g/mol. The molecule has 0 unspecified atom stereocenters. The van der Waals surface area contributed by atoms with Gasteiger partial charge in [-0.2, -0.15) is 0 Å². The minimum Gasteiger partial charge on any atom is -0.355 e. The summed E-state index contributed by atoms with van der Waals surface area (Å²) < 4.78 is 15.2. The molecular formula is C21H19FN2S. The molecule has 0 amide bonds. The van der Waals surface area contributed by atoms with Crippen molar-refractivity contribution in [1.82, 2.24) is 0 Å². The van der Waals surface area contributed by atoms with E-state index in [4.69, 9.17) is 0 Å². The molecule has 0 fully saturated rings. The smallest absolute Gasteiger partial charge is 0.123 e. The quantitative estimate of drug-likeness (QED) is 0.545. The van der Waals surface area contributed by atoms with Crippen molar-refractivity contribution in [3.63, 3.8) is 0 Å². The van der Waals surface area contributed by atoms with Crippen molar-refractivity contribution < 1.29 is 4.39 Å². The van der Waals surface area contributed by atoms with Crippen LogP contribution in [0.4, 0.5) is 15.8 Å². The van der Waals surface area contributed by atoms with Crippen LogP contribution < -0.4 is 9.62 Å². The molecule has 0 bridgehead atoms. The molecule has 0 aliphatic rings. The van der Waals surface area contributed by atoms with Crippen LogP contribution in [0.2, 0.25) is 0 Å². The summed E-state index contributed by atoms with van der Waals surface area (Å²) in [4.78, 5) is 1.08. The Morgan fingerprint density at radius 2 is 1.56 bits per heavy atom. The minimum atomic E-state index is -0.253. The van der Waals surface area contributed by atoms with Crippen molar-refractivity contribution in [1.29, 1.82) is 0 Å². The first-order chi connectivity index (χ1) is 12.1. The highest BCUT2D eigenvalue weighted by molar-refractivity contribution is 8.00. The summed E-state index contributed by atoms with van der Waals surface area (Å²) in [5, 5.41) is 3.34. The van der Waals surface area contributed by atoms with Gasteiger partial charge in [-0.15, -0.1) is 0 Å². The highest BCUT2D eigenvalue weighted by Crippen LogP contribution is 2.33. The van der Waals surface area contributed by atoms with Crippen LogP contribution in [0.3, 0.4) is 0 Å². The van der Waals surface area contributed by atoms with E-state index in [1.165, 1.54) is 12.1 Å². The lowest BCUT2D eigenvalue weighted by molar-refractivity contribution is 0.627. The number of rotatable bonds is 6. The number of hydrogen-bond acceptors (Lipinski definition) is 3. The van der Waals surface area contributed by atoms with Gasteiger partial charge in [-0.3, -0.25) is 0 Å². The molecule has 0 atom stereocenters. The van der Waals surface area contributed by atoms with Crippen LogP contribution in [0.5, 0.6) is 0 Å². The van der Waals surface area contributed by atoms with E-state index in [2.05, 4.69) is 34.4 Å². The second kappa shape index (κ2) is 7.90. The van der Waals surface area contributed by atoms with Crippen LogP contribution in [0.15, 0.2) is 90.3 Å². The van der Waals surface area contributed by atoms with Gasteiger partial charge in [0.15, 0.2) is 0 Å². The Labute approximate surface area is 152 Å². The fourth-order valence-electron chi connectivity index (χ4n) is 2.37. The first kappa shape index (κ1) is 17.1. The fourth-order valence-corrected chi connectivity index (χ4v) is 3.25. The maximum absolute atomic E-state index is 13.1. The lowest BCUT2D eigenvalue weighted by atomic mass is 10.1. The fraction of sp³-hybridized carbons (Fsp3) is 0.0476. The molecule has 0 aliphatic heterocycles. The maximum Gasteiger partial charge on any atom is 0.123 e. The topological polar surface area (TPSA) is 15.3 Å². The van der Waals surface area contributed by atoms with Gasteiger partial charge < -0.3 is 9.62 Å². The van der Waals surface area contributed by atoms with Gasteiger partial charge in [-0.05, 0) is 53.9 Å². The summed E-state index contributed by atoms with van der Waals surface area (Å²) in [6.07, 6.45) is 0. The Morgan fingerprint density at radius 1 is 0.920 bits per heavy atom. The predicted molar refractivity (Wildman–Crippen MR) is 106 cm³/mol. The number of para-hydroxylation sites is 2. The van der Waals surface area contributed by atoms with E-state index in [0.29, 0.717) is 0 Å². The molecule has 0 saturated heterocycles. The lowest BCUT2D eigenvalue weighted by Crippen LogP contribution is -2.07. The molecule has 0 aromatic heterocycles. The number of benzene rings is 3. The van der Waals surface area contributed by atoms with Crippen LogP contribution >= 0.6 is 11.9 Å². The van der Waals surface area contributed by atoms with E-state index in [0.717, 1.165) is 27.5 Å². The average Bonchev–Trinajstić information content (AvgIpc) is 2.64. The van der Waals surface area contributed by atoms with E-state index >= 15 is 0 Å².